The van der Waals surface area contributed by atoms with Crippen LogP contribution in [0.25, 0.3) is 0 Å². The molecule has 0 aromatic carbocycles. The standard InChI is InChI=1S/C14H25N3O4/c1-10(7-17-4-2-3-5-17)6-15-14(20)16-12-9-21-8-11(12)13(18)19/h10-12H,2-9H2,1H3,(H,18,19)(H2,15,16,20). The van der Waals surface area contributed by atoms with Crippen molar-refractivity contribution in [1.29, 1.82) is 0 Å². The second-order valence-electron chi connectivity index (χ2n) is 6.06. The minimum absolute atomic E-state index is 0.158. The predicted octanol–water partition coefficient (Wildman–Crippen LogP) is 0.117. The van der Waals surface area contributed by atoms with Crippen LogP contribution in [-0.2, 0) is 9.53 Å². The SMILES string of the molecule is CC(CNC(=O)NC1COCC1C(=O)O)CN1CCCC1. The van der Waals surface area contributed by atoms with Gasteiger partial charge in [-0.05, 0) is 31.8 Å². The van der Waals surface area contributed by atoms with E-state index in [1.165, 1.54) is 12.8 Å². The van der Waals surface area contributed by atoms with Crippen molar-refractivity contribution >= 4 is 12.0 Å². The Hall–Kier alpha value is -1.34. The number of carbonyl (C=O) groups is 2. The smallest absolute Gasteiger partial charge is 0.315 e. The molecule has 3 atom stereocenters. The Morgan fingerprint density at radius 3 is 2.71 bits per heavy atom. The van der Waals surface area contributed by atoms with Gasteiger partial charge in [-0.25, -0.2) is 4.79 Å². The molecule has 120 valence electrons. The van der Waals surface area contributed by atoms with Crippen LogP contribution in [0.2, 0.25) is 0 Å². The van der Waals surface area contributed by atoms with Crippen LogP contribution in [0, 0.1) is 11.8 Å². The van der Waals surface area contributed by atoms with Crippen LogP contribution in [0.15, 0.2) is 0 Å². The van der Waals surface area contributed by atoms with Gasteiger partial charge >= 0.3 is 12.0 Å². The highest BCUT2D eigenvalue weighted by molar-refractivity contribution is 5.77. The topological polar surface area (TPSA) is 90.9 Å². The van der Waals surface area contributed by atoms with Gasteiger partial charge in [-0.2, -0.15) is 0 Å². The van der Waals surface area contributed by atoms with Crippen molar-refractivity contribution in [1.82, 2.24) is 15.5 Å². The summed E-state index contributed by atoms with van der Waals surface area (Å²) in [5, 5.41) is 14.5. The quantitative estimate of drug-likeness (QED) is 0.648. The molecule has 2 aliphatic rings. The number of hydrogen-bond donors (Lipinski definition) is 3. The molecule has 0 saturated carbocycles. The molecule has 0 bridgehead atoms. The number of hydrogen-bond acceptors (Lipinski definition) is 4. The van der Waals surface area contributed by atoms with Crippen molar-refractivity contribution in [2.75, 3.05) is 39.4 Å². The summed E-state index contributed by atoms with van der Waals surface area (Å²) >= 11 is 0. The Morgan fingerprint density at radius 1 is 1.33 bits per heavy atom. The van der Waals surface area contributed by atoms with E-state index in [-0.39, 0.29) is 19.2 Å². The Kier molecular flexibility index (Phi) is 5.81. The molecule has 0 spiro atoms. The van der Waals surface area contributed by atoms with E-state index < -0.39 is 17.9 Å². The van der Waals surface area contributed by atoms with E-state index in [4.69, 9.17) is 9.84 Å². The van der Waals surface area contributed by atoms with Gasteiger partial charge in [-0.15, -0.1) is 0 Å². The minimum atomic E-state index is -0.930. The molecule has 7 heteroatoms. The Labute approximate surface area is 125 Å². The number of ether oxygens (including phenoxy) is 1. The molecule has 3 unspecified atom stereocenters. The van der Waals surface area contributed by atoms with Gasteiger partial charge < -0.3 is 25.4 Å². The molecule has 0 aromatic heterocycles. The highest BCUT2D eigenvalue weighted by atomic mass is 16.5. The highest BCUT2D eigenvalue weighted by Gasteiger charge is 2.35. The summed E-state index contributed by atoms with van der Waals surface area (Å²) in [5.74, 6) is -1.21. The van der Waals surface area contributed by atoms with Gasteiger partial charge in [-0.3, -0.25) is 4.79 Å². The molecule has 2 saturated heterocycles. The van der Waals surface area contributed by atoms with Gasteiger partial charge in [0.2, 0.25) is 0 Å². The van der Waals surface area contributed by atoms with E-state index in [0.29, 0.717) is 12.5 Å². The van der Waals surface area contributed by atoms with Crippen LogP contribution in [0.4, 0.5) is 4.79 Å². The largest absolute Gasteiger partial charge is 0.481 e. The number of amides is 2. The van der Waals surface area contributed by atoms with Crippen LogP contribution < -0.4 is 10.6 Å². The molecular weight excluding hydrogens is 274 g/mol. The monoisotopic (exact) mass is 299 g/mol. The zero-order chi connectivity index (χ0) is 15.2. The van der Waals surface area contributed by atoms with E-state index in [1.54, 1.807) is 0 Å². The summed E-state index contributed by atoms with van der Waals surface area (Å²) in [6.45, 7) is 6.40. The fourth-order valence-electron chi connectivity index (χ4n) is 2.90. The maximum absolute atomic E-state index is 11.8. The number of carboxylic acids is 1. The van der Waals surface area contributed by atoms with Crippen molar-refractivity contribution in [2.45, 2.75) is 25.8 Å². The van der Waals surface area contributed by atoms with Gasteiger partial charge in [-0.1, -0.05) is 6.92 Å². The third-order valence-electron chi connectivity index (χ3n) is 4.09. The first kappa shape index (κ1) is 16.0. The number of nitrogens with one attached hydrogen (secondary N) is 2. The summed E-state index contributed by atoms with van der Waals surface area (Å²) < 4.78 is 5.12. The zero-order valence-corrected chi connectivity index (χ0v) is 12.5. The van der Waals surface area contributed by atoms with E-state index in [2.05, 4.69) is 22.5 Å². The second kappa shape index (κ2) is 7.61. The average molecular weight is 299 g/mol. The van der Waals surface area contributed by atoms with Crippen molar-refractivity contribution < 1.29 is 19.4 Å². The number of urea groups is 1. The van der Waals surface area contributed by atoms with Crippen LogP contribution in [0.5, 0.6) is 0 Å². The lowest BCUT2D eigenvalue weighted by Gasteiger charge is -2.21. The Morgan fingerprint density at radius 2 is 2.05 bits per heavy atom. The zero-order valence-electron chi connectivity index (χ0n) is 12.5. The molecule has 2 amide bonds. The molecule has 2 fully saturated rings. The first-order chi connectivity index (χ1) is 10.1. The number of nitrogens with zero attached hydrogens (tertiary/aromatic N) is 1. The number of rotatable bonds is 6. The number of carboxylic acid groups (broad SMARTS) is 1. The van der Waals surface area contributed by atoms with Crippen LogP contribution in [-0.4, -0.2) is 67.4 Å². The lowest BCUT2D eigenvalue weighted by Crippen LogP contribution is -2.48. The minimum Gasteiger partial charge on any atom is -0.481 e. The van der Waals surface area contributed by atoms with E-state index in [1.807, 2.05) is 0 Å². The van der Waals surface area contributed by atoms with Crippen LogP contribution in [0.3, 0.4) is 0 Å². The molecule has 0 aliphatic carbocycles. The van der Waals surface area contributed by atoms with Crippen molar-refractivity contribution in [3.63, 3.8) is 0 Å². The second-order valence-corrected chi connectivity index (χ2v) is 6.06. The molecular formula is C14H25N3O4. The van der Waals surface area contributed by atoms with Crippen molar-refractivity contribution in [3.8, 4) is 0 Å². The third kappa shape index (κ3) is 4.86. The lowest BCUT2D eigenvalue weighted by molar-refractivity contribution is -0.142. The molecule has 7 nitrogen and oxygen atoms in total. The Bertz CT molecular complexity index is 371. The van der Waals surface area contributed by atoms with Gasteiger partial charge in [0.05, 0.1) is 19.3 Å². The number of carbonyl (C=O) groups excluding carboxylic acids is 1. The fraction of sp³-hybridized carbons (Fsp3) is 0.857. The third-order valence-corrected chi connectivity index (χ3v) is 4.09. The maximum Gasteiger partial charge on any atom is 0.315 e. The highest BCUT2D eigenvalue weighted by Crippen LogP contribution is 2.13. The summed E-state index contributed by atoms with van der Waals surface area (Å²) in [5.41, 5.74) is 0. The molecule has 2 rings (SSSR count). The molecule has 0 aromatic rings. The first-order valence-electron chi connectivity index (χ1n) is 7.63. The van der Waals surface area contributed by atoms with Gasteiger partial charge in [0.25, 0.3) is 0 Å². The number of aliphatic carboxylic acids is 1. The summed E-state index contributed by atoms with van der Waals surface area (Å²) in [6.07, 6.45) is 2.53. The molecule has 2 heterocycles. The molecule has 3 N–H and O–H groups in total. The fourth-order valence-corrected chi connectivity index (χ4v) is 2.90. The van der Waals surface area contributed by atoms with E-state index >= 15 is 0 Å². The van der Waals surface area contributed by atoms with Crippen molar-refractivity contribution in [2.24, 2.45) is 11.8 Å². The maximum atomic E-state index is 11.8. The number of likely N-dealkylation sites (tertiary alicyclic amines) is 1. The van der Waals surface area contributed by atoms with Crippen LogP contribution >= 0.6 is 0 Å². The van der Waals surface area contributed by atoms with Crippen molar-refractivity contribution in [3.05, 3.63) is 0 Å². The first-order valence-corrected chi connectivity index (χ1v) is 7.63. The lowest BCUT2D eigenvalue weighted by atomic mass is 10.0. The van der Waals surface area contributed by atoms with Gasteiger partial charge in [0.1, 0.15) is 5.92 Å². The molecule has 2 aliphatic heterocycles. The van der Waals surface area contributed by atoms with E-state index in [0.717, 1.165) is 19.6 Å². The van der Waals surface area contributed by atoms with Gasteiger partial charge in [0.15, 0.2) is 0 Å². The van der Waals surface area contributed by atoms with E-state index in [9.17, 15) is 9.59 Å². The predicted molar refractivity (Wildman–Crippen MR) is 77.1 cm³/mol. The Balaban J connectivity index is 1.65. The van der Waals surface area contributed by atoms with Gasteiger partial charge in [0, 0.05) is 13.1 Å². The summed E-state index contributed by atoms with van der Waals surface area (Å²) in [7, 11) is 0. The molecule has 0 radical (unpaired) electrons. The average Bonchev–Trinajstić information content (AvgIpc) is 3.07. The summed E-state index contributed by atoms with van der Waals surface area (Å²) in [6, 6.07) is -0.763. The molecule has 21 heavy (non-hydrogen) atoms. The normalized spacial score (nSPS) is 27.5. The summed E-state index contributed by atoms with van der Waals surface area (Å²) in [4.78, 5) is 25.2. The van der Waals surface area contributed by atoms with Crippen LogP contribution in [0.1, 0.15) is 19.8 Å².